The van der Waals surface area contributed by atoms with Gasteiger partial charge in [-0.05, 0) is 35.4 Å². The van der Waals surface area contributed by atoms with E-state index in [-0.39, 0.29) is 11.5 Å². The summed E-state index contributed by atoms with van der Waals surface area (Å²) in [4.78, 5) is 0. The van der Waals surface area contributed by atoms with Crippen LogP contribution in [0, 0.1) is 0 Å². The molecule has 0 saturated carbocycles. The lowest BCUT2D eigenvalue weighted by molar-refractivity contribution is 0.394. The van der Waals surface area contributed by atoms with Crippen LogP contribution in [0.15, 0.2) is 36.4 Å². The van der Waals surface area contributed by atoms with E-state index in [9.17, 15) is 10.2 Å². The number of benzene rings is 2. The van der Waals surface area contributed by atoms with Crippen molar-refractivity contribution >= 4 is 12.2 Å². The Hall–Kier alpha value is -2.62. The number of hydrogen-bond donors (Lipinski definition) is 2. The van der Waals surface area contributed by atoms with Crippen molar-refractivity contribution in [2.24, 2.45) is 0 Å². The fourth-order valence-corrected chi connectivity index (χ4v) is 1.76. The van der Waals surface area contributed by atoms with E-state index in [4.69, 9.17) is 9.47 Å². The van der Waals surface area contributed by atoms with Gasteiger partial charge in [-0.2, -0.15) is 0 Å². The monoisotopic (exact) mass is 272 g/mol. The fourth-order valence-electron chi connectivity index (χ4n) is 1.76. The third kappa shape index (κ3) is 3.23. The van der Waals surface area contributed by atoms with E-state index >= 15 is 0 Å². The lowest BCUT2D eigenvalue weighted by atomic mass is 10.1. The Morgan fingerprint density at radius 2 is 1.35 bits per heavy atom. The first-order chi connectivity index (χ1) is 9.62. The van der Waals surface area contributed by atoms with Crippen LogP contribution in [0.3, 0.4) is 0 Å². The first-order valence-corrected chi connectivity index (χ1v) is 6.05. The smallest absolute Gasteiger partial charge is 0.157 e. The van der Waals surface area contributed by atoms with Gasteiger partial charge in [0, 0.05) is 6.07 Å². The summed E-state index contributed by atoms with van der Waals surface area (Å²) in [6, 6.07) is 10.2. The maximum atomic E-state index is 9.44. The highest BCUT2D eigenvalue weighted by molar-refractivity contribution is 5.72. The van der Waals surface area contributed by atoms with Gasteiger partial charge < -0.3 is 19.7 Å². The van der Waals surface area contributed by atoms with Gasteiger partial charge in [0.15, 0.2) is 11.5 Å². The van der Waals surface area contributed by atoms with Crippen molar-refractivity contribution in [3.8, 4) is 23.0 Å². The predicted octanol–water partition coefficient (Wildman–Crippen LogP) is 3.29. The molecule has 104 valence electrons. The molecule has 0 amide bonds. The molecule has 2 N–H and O–H groups in total. The summed E-state index contributed by atoms with van der Waals surface area (Å²) in [5, 5.41) is 18.7. The number of ether oxygens (including phenoxy) is 2. The van der Waals surface area contributed by atoms with Crippen molar-refractivity contribution in [1.29, 1.82) is 0 Å². The Morgan fingerprint density at radius 1 is 0.750 bits per heavy atom. The van der Waals surface area contributed by atoms with Gasteiger partial charge in [-0.1, -0.05) is 18.2 Å². The van der Waals surface area contributed by atoms with Crippen LogP contribution in [0.25, 0.3) is 12.2 Å². The first-order valence-electron chi connectivity index (χ1n) is 6.05. The summed E-state index contributed by atoms with van der Waals surface area (Å²) < 4.78 is 10.4. The predicted molar refractivity (Wildman–Crippen MR) is 78.2 cm³/mol. The molecule has 0 aliphatic rings. The molecular formula is C16H16O4. The molecule has 0 fully saturated rings. The van der Waals surface area contributed by atoms with Crippen molar-refractivity contribution in [1.82, 2.24) is 0 Å². The van der Waals surface area contributed by atoms with Crippen molar-refractivity contribution in [2.75, 3.05) is 14.2 Å². The number of hydrogen-bond acceptors (Lipinski definition) is 4. The van der Waals surface area contributed by atoms with Gasteiger partial charge in [0.05, 0.1) is 14.2 Å². The quantitative estimate of drug-likeness (QED) is 0.662. The zero-order chi connectivity index (χ0) is 14.5. The molecule has 0 aliphatic carbocycles. The third-order valence-corrected chi connectivity index (χ3v) is 2.84. The summed E-state index contributed by atoms with van der Waals surface area (Å²) in [6.45, 7) is 0. The Morgan fingerprint density at radius 3 is 1.90 bits per heavy atom. The van der Waals surface area contributed by atoms with Gasteiger partial charge in [0.2, 0.25) is 0 Å². The van der Waals surface area contributed by atoms with Gasteiger partial charge in [-0.15, -0.1) is 0 Å². The zero-order valence-corrected chi connectivity index (χ0v) is 11.3. The van der Waals surface area contributed by atoms with E-state index in [0.29, 0.717) is 11.5 Å². The molecule has 0 aromatic heterocycles. The minimum absolute atomic E-state index is 0.134. The molecule has 4 nitrogen and oxygen atoms in total. The topological polar surface area (TPSA) is 58.9 Å². The normalized spacial score (nSPS) is 10.7. The molecule has 2 aromatic rings. The molecule has 0 bridgehead atoms. The Balaban J connectivity index is 2.28. The van der Waals surface area contributed by atoms with Crippen molar-refractivity contribution in [2.45, 2.75) is 0 Å². The minimum Gasteiger partial charge on any atom is -0.504 e. The number of phenols is 2. The van der Waals surface area contributed by atoms with Gasteiger partial charge in [0.1, 0.15) is 11.5 Å². The minimum atomic E-state index is -0.143. The number of phenolic OH excluding ortho intramolecular Hbond substituents is 2. The third-order valence-electron chi connectivity index (χ3n) is 2.84. The maximum absolute atomic E-state index is 9.44. The molecule has 0 aliphatic heterocycles. The van der Waals surface area contributed by atoms with Crippen LogP contribution in [0.2, 0.25) is 0 Å². The summed E-state index contributed by atoms with van der Waals surface area (Å²) in [5.74, 6) is 1.13. The van der Waals surface area contributed by atoms with E-state index in [1.165, 1.54) is 12.1 Å². The second-order valence-electron chi connectivity index (χ2n) is 4.23. The Bertz CT molecular complexity index is 610. The molecule has 4 heteroatoms. The van der Waals surface area contributed by atoms with Gasteiger partial charge in [-0.25, -0.2) is 0 Å². The first kappa shape index (κ1) is 13.8. The van der Waals surface area contributed by atoms with Crippen LogP contribution in [0.1, 0.15) is 11.1 Å². The van der Waals surface area contributed by atoms with Gasteiger partial charge in [0.25, 0.3) is 0 Å². The second kappa shape index (κ2) is 6.02. The summed E-state index contributed by atoms with van der Waals surface area (Å²) in [6.07, 6.45) is 3.70. The summed E-state index contributed by atoms with van der Waals surface area (Å²) >= 11 is 0. The standard InChI is InChI=1S/C16H16O4/c1-19-13-7-12(8-14(10-13)20-2)4-3-11-5-6-15(17)16(18)9-11/h3-10,17-18H,1-2H3/b4-3-. The van der Waals surface area contributed by atoms with E-state index in [0.717, 1.165) is 11.1 Å². The lowest BCUT2D eigenvalue weighted by Gasteiger charge is -2.05. The van der Waals surface area contributed by atoms with Crippen LogP contribution < -0.4 is 9.47 Å². The van der Waals surface area contributed by atoms with Crippen molar-refractivity contribution in [3.05, 3.63) is 47.5 Å². The highest BCUT2D eigenvalue weighted by Crippen LogP contribution is 2.27. The number of rotatable bonds is 4. The van der Waals surface area contributed by atoms with E-state index in [2.05, 4.69) is 0 Å². The van der Waals surface area contributed by atoms with Crippen LogP contribution >= 0.6 is 0 Å². The van der Waals surface area contributed by atoms with Crippen molar-refractivity contribution < 1.29 is 19.7 Å². The van der Waals surface area contributed by atoms with Gasteiger partial charge in [-0.3, -0.25) is 0 Å². The molecule has 0 heterocycles. The maximum Gasteiger partial charge on any atom is 0.157 e. The molecule has 0 saturated heterocycles. The molecule has 2 aromatic carbocycles. The lowest BCUT2D eigenvalue weighted by Crippen LogP contribution is -1.88. The second-order valence-corrected chi connectivity index (χ2v) is 4.23. The molecular weight excluding hydrogens is 256 g/mol. The van der Waals surface area contributed by atoms with E-state index in [1.807, 2.05) is 24.3 Å². The summed E-state index contributed by atoms with van der Waals surface area (Å²) in [5.41, 5.74) is 1.69. The van der Waals surface area contributed by atoms with Crippen LogP contribution in [-0.4, -0.2) is 24.4 Å². The highest BCUT2D eigenvalue weighted by Gasteiger charge is 2.00. The number of methoxy groups -OCH3 is 2. The van der Waals surface area contributed by atoms with E-state index < -0.39 is 0 Å². The largest absolute Gasteiger partial charge is 0.504 e. The molecule has 0 spiro atoms. The SMILES string of the molecule is COc1cc(/C=C\c2ccc(O)c(O)c2)cc(OC)c1. The Labute approximate surface area is 117 Å². The molecule has 0 unspecified atom stereocenters. The average Bonchev–Trinajstić information content (AvgIpc) is 2.48. The molecule has 2 rings (SSSR count). The fraction of sp³-hybridized carbons (Fsp3) is 0.125. The zero-order valence-electron chi connectivity index (χ0n) is 11.3. The average molecular weight is 272 g/mol. The van der Waals surface area contributed by atoms with Crippen molar-refractivity contribution in [3.63, 3.8) is 0 Å². The van der Waals surface area contributed by atoms with Crippen LogP contribution in [0.5, 0.6) is 23.0 Å². The molecule has 20 heavy (non-hydrogen) atoms. The Kier molecular flexibility index (Phi) is 4.15. The highest BCUT2D eigenvalue weighted by atomic mass is 16.5. The number of aromatic hydroxyl groups is 2. The van der Waals surface area contributed by atoms with Crippen LogP contribution in [-0.2, 0) is 0 Å². The van der Waals surface area contributed by atoms with Gasteiger partial charge >= 0.3 is 0 Å². The summed E-state index contributed by atoms with van der Waals surface area (Å²) in [7, 11) is 3.19. The molecule has 0 atom stereocenters. The van der Waals surface area contributed by atoms with E-state index in [1.54, 1.807) is 26.4 Å². The van der Waals surface area contributed by atoms with Crippen LogP contribution in [0.4, 0.5) is 0 Å². The molecule has 0 radical (unpaired) electrons.